The zero-order valence-corrected chi connectivity index (χ0v) is 12.7. The van der Waals surface area contributed by atoms with E-state index in [1.165, 1.54) is 37.0 Å². The van der Waals surface area contributed by atoms with Crippen LogP contribution in [0.5, 0.6) is 11.5 Å². The third kappa shape index (κ3) is 3.95. The first kappa shape index (κ1) is 15.8. The lowest BCUT2D eigenvalue weighted by Gasteiger charge is -2.08. The largest absolute Gasteiger partial charge is 0.457 e. The van der Waals surface area contributed by atoms with Crippen LogP contribution in [0.1, 0.15) is 6.92 Å². The molecule has 1 heterocycles. The first-order valence-electron chi connectivity index (χ1n) is 6.23. The van der Waals surface area contributed by atoms with Gasteiger partial charge in [-0.3, -0.25) is 14.9 Å². The van der Waals surface area contributed by atoms with Crippen molar-refractivity contribution in [3.8, 4) is 11.5 Å². The number of hydrogen-bond acceptors (Lipinski definition) is 6. The van der Waals surface area contributed by atoms with E-state index in [2.05, 4.69) is 10.3 Å². The van der Waals surface area contributed by atoms with Gasteiger partial charge in [-0.1, -0.05) is 0 Å². The Morgan fingerprint density at radius 1 is 1.32 bits per heavy atom. The number of thioether (sulfide) groups is 1. The molecule has 2 aromatic rings. The smallest absolute Gasteiger partial charge is 0.283 e. The van der Waals surface area contributed by atoms with Crippen LogP contribution in [0.4, 0.5) is 11.5 Å². The zero-order valence-electron chi connectivity index (χ0n) is 11.9. The number of nitro groups is 1. The number of ether oxygens (including phenoxy) is 1. The van der Waals surface area contributed by atoms with E-state index >= 15 is 0 Å². The number of anilines is 1. The Labute approximate surface area is 130 Å². The number of nitrogens with zero attached hydrogens (tertiary/aromatic N) is 2. The molecule has 0 bridgehead atoms. The van der Waals surface area contributed by atoms with Crippen LogP contribution in [-0.4, -0.2) is 22.1 Å². The first-order valence-corrected chi connectivity index (χ1v) is 7.46. The SMILES string of the molecule is CSc1cc(Oc2ccnc(NC(C)=O)c2)ccc1[N+](=O)[O-]. The van der Waals surface area contributed by atoms with E-state index in [1.807, 2.05) is 0 Å². The van der Waals surface area contributed by atoms with E-state index in [9.17, 15) is 14.9 Å². The average molecular weight is 319 g/mol. The Morgan fingerprint density at radius 3 is 2.68 bits per heavy atom. The van der Waals surface area contributed by atoms with Crippen LogP contribution in [0.15, 0.2) is 41.4 Å². The third-order valence-electron chi connectivity index (χ3n) is 2.62. The van der Waals surface area contributed by atoms with Crippen molar-refractivity contribution in [1.82, 2.24) is 4.98 Å². The van der Waals surface area contributed by atoms with Gasteiger partial charge in [-0.2, -0.15) is 0 Å². The molecular weight excluding hydrogens is 306 g/mol. The molecular formula is C14H13N3O4S. The molecule has 0 aliphatic carbocycles. The summed E-state index contributed by atoms with van der Waals surface area (Å²) in [5.74, 6) is 1.08. The van der Waals surface area contributed by atoms with E-state index < -0.39 is 4.92 Å². The number of nitrogens with one attached hydrogen (secondary N) is 1. The molecule has 0 radical (unpaired) electrons. The fourth-order valence-electron chi connectivity index (χ4n) is 1.73. The normalized spacial score (nSPS) is 10.1. The predicted molar refractivity (Wildman–Crippen MR) is 83.5 cm³/mol. The summed E-state index contributed by atoms with van der Waals surface area (Å²) in [4.78, 5) is 26.0. The topological polar surface area (TPSA) is 94.4 Å². The van der Waals surface area contributed by atoms with Crippen LogP contribution in [-0.2, 0) is 4.79 Å². The third-order valence-corrected chi connectivity index (χ3v) is 3.39. The molecule has 1 aromatic carbocycles. The lowest BCUT2D eigenvalue weighted by Crippen LogP contribution is -2.07. The van der Waals surface area contributed by atoms with Gasteiger partial charge >= 0.3 is 0 Å². The highest BCUT2D eigenvalue weighted by atomic mass is 32.2. The molecule has 0 fully saturated rings. The van der Waals surface area contributed by atoms with Crippen LogP contribution in [0, 0.1) is 10.1 Å². The van der Waals surface area contributed by atoms with Crippen LogP contribution in [0.2, 0.25) is 0 Å². The van der Waals surface area contributed by atoms with Crippen molar-refractivity contribution < 1.29 is 14.5 Å². The quantitative estimate of drug-likeness (QED) is 0.515. The molecule has 0 unspecified atom stereocenters. The fourth-order valence-corrected chi connectivity index (χ4v) is 2.32. The summed E-state index contributed by atoms with van der Waals surface area (Å²) in [6, 6.07) is 7.72. The monoisotopic (exact) mass is 319 g/mol. The Morgan fingerprint density at radius 2 is 2.05 bits per heavy atom. The first-order chi connectivity index (χ1) is 10.5. The van der Waals surface area contributed by atoms with Gasteiger partial charge < -0.3 is 10.1 Å². The number of hydrogen-bond donors (Lipinski definition) is 1. The summed E-state index contributed by atoms with van der Waals surface area (Å²) in [6.07, 6.45) is 3.26. The van der Waals surface area contributed by atoms with Crippen LogP contribution in [0.3, 0.4) is 0 Å². The summed E-state index contributed by atoms with van der Waals surface area (Å²) in [5.41, 5.74) is 0.0357. The number of carbonyl (C=O) groups excluding carboxylic acids is 1. The maximum absolute atomic E-state index is 11.0. The van der Waals surface area contributed by atoms with Gasteiger partial charge in [0.2, 0.25) is 5.91 Å². The van der Waals surface area contributed by atoms with Gasteiger partial charge in [-0.25, -0.2) is 4.98 Å². The molecule has 7 nitrogen and oxygen atoms in total. The van der Waals surface area contributed by atoms with Crippen molar-refractivity contribution >= 4 is 29.2 Å². The van der Waals surface area contributed by atoms with E-state index in [1.54, 1.807) is 24.5 Å². The lowest BCUT2D eigenvalue weighted by atomic mass is 10.3. The summed E-state index contributed by atoms with van der Waals surface area (Å²) in [7, 11) is 0. The van der Waals surface area contributed by atoms with Crippen molar-refractivity contribution in [2.45, 2.75) is 11.8 Å². The minimum absolute atomic E-state index is 0.0357. The average Bonchev–Trinajstić information content (AvgIpc) is 2.46. The second-order valence-corrected chi connectivity index (χ2v) is 5.10. The standard InChI is InChI=1S/C14H13N3O4S/c1-9(18)16-14-8-11(5-6-15-14)21-10-3-4-12(17(19)20)13(7-10)22-2/h3-8H,1-2H3,(H,15,16,18). The number of amides is 1. The van der Waals surface area contributed by atoms with E-state index in [-0.39, 0.29) is 11.6 Å². The second kappa shape index (κ2) is 6.90. The van der Waals surface area contributed by atoms with Crippen molar-refractivity contribution in [2.75, 3.05) is 11.6 Å². The number of aromatic nitrogens is 1. The van der Waals surface area contributed by atoms with Crippen molar-refractivity contribution in [1.29, 1.82) is 0 Å². The summed E-state index contributed by atoms with van der Waals surface area (Å²) < 4.78 is 5.65. The fraction of sp³-hybridized carbons (Fsp3) is 0.143. The van der Waals surface area contributed by atoms with Gasteiger partial charge in [0.1, 0.15) is 17.3 Å². The van der Waals surface area contributed by atoms with Crippen LogP contribution >= 0.6 is 11.8 Å². The Balaban J connectivity index is 2.23. The Kier molecular flexibility index (Phi) is 4.95. The highest BCUT2D eigenvalue weighted by Gasteiger charge is 2.14. The highest BCUT2D eigenvalue weighted by molar-refractivity contribution is 7.98. The van der Waals surface area contributed by atoms with Gasteiger partial charge in [0.05, 0.1) is 9.82 Å². The summed E-state index contributed by atoms with van der Waals surface area (Å²) in [6.45, 7) is 1.39. The molecule has 1 amide bonds. The molecule has 0 aliphatic heterocycles. The molecule has 0 saturated carbocycles. The Bertz CT molecular complexity index is 721. The summed E-state index contributed by atoms with van der Waals surface area (Å²) >= 11 is 1.27. The van der Waals surface area contributed by atoms with Crippen molar-refractivity contribution in [2.24, 2.45) is 0 Å². The van der Waals surface area contributed by atoms with Gasteiger partial charge in [0.15, 0.2) is 0 Å². The van der Waals surface area contributed by atoms with Gasteiger partial charge in [-0.05, 0) is 18.4 Å². The number of carbonyl (C=O) groups is 1. The molecule has 114 valence electrons. The summed E-state index contributed by atoms with van der Waals surface area (Å²) in [5, 5.41) is 13.5. The van der Waals surface area contributed by atoms with Crippen molar-refractivity contribution in [3.63, 3.8) is 0 Å². The molecule has 0 spiro atoms. The van der Waals surface area contributed by atoms with E-state index in [4.69, 9.17) is 4.74 Å². The van der Waals surface area contributed by atoms with Crippen LogP contribution in [0.25, 0.3) is 0 Å². The zero-order chi connectivity index (χ0) is 16.1. The molecule has 0 saturated heterocycles. The van der Waals surface area contributed by atoms with Gasteiger partial charge in [0.25, 0.3) is 5.69 Å². The number of pyridine rings is 1. The molecule has 1 N–H and O–H groups in total. The van der Waals surface area contributed by atoms with Crippen molar-refractivity contribution in [3.05, 3.63) is 46.6 Å². The molecule has 1 aromatic heterocycles. The van der Waals surface area contributed by atoms with Gasteiger partial charge in [-0.15, -0.1) is 11.8 Å². The molecule has 2 rings (SSSR count). The molecule has 0 atom stereocenters. The number of rotatable bonds is 5. The molecule has 22 heavy (non-hydrogen) atoms. The minimum Gasteiger partial charge on any atom is -0.457 e. The maximum atomic E-state index is 11.0. The van der Waals surface area contributed by atoms with Crippen LogP contribution < -0.4 is 10.1 Å². The molecule has 8 heteroatoms. The molecule has 0 aliphatic rings. The number of nitro benzene ring substituents is 1. The van der Waals surface area contributed by atoms with E-state index in [0.717, 1.165) is 0 Å². The highest BCUT2D eigenvalue weighted by Crippen LogP contribution is 2.33. The predicted octanol–water partition coefficient (Wildman–Crippen LogP) is 3.46. The Hall–Kier alpha value is -2.61. The number of benzene rings is 1. The van der Waals surface area contributed by atoms with E-state index in [0.29, 0.717) is 22.2 Å². The van der Waals surface area contributed by atoms with Gasteiger partial charge in [0, 0.05) is 31.3 Å². The minimum atomic E-state index is -0.434. The second-order valence-electron chi connectivity index (χ2n) is 4.25. The maximum Gasteiger partial charge on any atom is 0.283 e. The lowest BCUT2D eigenvalue weighted by molar-refractivity contribution is -0.387.